The molecule has 3 N–H and O–H groups in total. The molecular formula is C15H16F2N2O2. The first-order valence-electron chi connectivity index (χ1n) is 6.71. The molecule has 2 rings (SSSR count). The van der Waals surface area contributed by atoms with Gasteiger partial charge in [0.25, 0.3) is 0 Å². The lowest BCUT2D eigenvalue weighted by Gasteiger charge is -2.26. The van der Waals surface area contributed by atoms with Crippen molar-refractivity contribution >= 4 is 11.7 Å². The average Bonchev–Trinajstić information content (AvgIpc) is 2.45. The van der Waals surface area contributed by atoms with Gasteiger partial charge in [0.1, 0.15) is 5.69 Å². The highest BCUT2D eigenvalue weighted by Crippen LogP contribution is 2.21. The number of rotatable bonds is 2. The van der Waals surface area contributed by atoms with E-state index in [-0.39, 0.29) is 17.7 Å². The number of hydrogen-bond donors (Lipinski definition) is 3. The van der Waals surface area contributed by atoms with Crippen LogP contribution in [0.25, 0.3) is 0 Å². The third kappa shape index (κ3) is 3.92. The summed E-state index contributed by atoms with van der Waals surface area (Å²) in [6.45, 7) is 0. The number of amides is 2. The number of halogens is 2. The Labute approximate surface area is 121 Å². The normalized spacial score (nSPS) is 21.4. The molecule has 0 heterocycles. The molecule has 0 spiro atoms. The second-order valence-corrected chi connectivity index (χ2v) is 5.06. The van der Waals surface area contributed by atoms with E-state index in [9.17, 15) is 18.7 Å². The number of terminal acetylenes is 1. The van der Waals surface area contributed by atoms with E-state index in [2.05, 4.69) is 16.6 Å². The molecule has 1 aromatic carbocycles. The highest BCUT2D eigenvalue weighted by molar-refractivity contribution is 5.89. The molecule has 1 fully saturated rings. The minimum absolute atomic E-state index is 0.0669. The molecule has 0 atom stereocenters. The third-order valence-corrected chi connectivity index (χ3v) is 3.48. The topological polar surface area (TPSA) is 61.4 Å². The highest BCUT2D eigenvalue weighted by atomic mass is 19.1. The Bertz CT molecular complexity index is 553. The fraction of sp³-hybridized carbons (Fsp3) is 0.400. The van der Waals surface area contributed by atoms with Crippen LogP contribution in [-0.4, -0.2) is 23.3 Å². The number of aliphatic hydroxyl groups is 1. The second-order valence-electron chi connectivity index (χ2n) is 5.06. The Balaban J connectivity index is 1.98. The Kier molecular flexibility index (Phi) is 4.76. The van der Waals surface area contributed by atoms with Gasteiger partial charge in [-0.2, -0.15) is 0 Å². The van der Waals surface area contributed by atoms with Crippen LogP contribution >= 0.6 is 0 Å². The van der Waals surface area contributed by atoms with E-state index < -0.39 is 23.4 Å². The van der Waals surface area contributed by atoms with Gasteiger partial charge < -0.3 is 15.7 Å². The fourth-order valence-corrected chi connectivity index (χ4v) is 2.33. The Morgan fingerprint density at radius 3 is 2.33 bits per heavy atom. The highest BCUT2D eigenvalue weighted by Gasteiger charge is 2.21. The monoisotopic (exact) mass is 294 g/mol. The van der Waals surface area contributed by atoms with Crippen molar-refractivity contribution in [1.82, 2.24) is 5.32 Å². The van der Waals surface area contributed by atoms with Crippen LogP contribution in [0.5, 0.6) is 0 Å². The summed E-state index contributed by atoms with van der Waals surface area (Å²) in [5.41, 5.74) is -0.459. The smallest absolute Gasteiger partial charge is 0.319 e. The van der Waals surface area contributed by atoms with Gasteiger partial charge >= 0.3 is 6.03 Å². The lowest BCUT2D eigenvalue weighted by atomic mass is 9.93. The lowest BCUT2D eigenvalue weighted by Crippen LogP contribution is -2.41. The zero-order chi connectivity index (χ0) is 15.4. The van der Waals surface area contributed by atoms with Gasteiger partial charge in [-0.05, 0) is 37.8 Å². The van der Waals surface area contributed by atoms with Crippen LogP contribution in [0.15, 0.2) is 12.1 Å². The molecule has 0 aliphatic heterocycles. The number of carbonyl (C=O) groups is 1. The van der Waals surface area contributed by atoms with Gasteiger partial charge in [-0.25, -0.2) is 13.6 Å². The quantitative estimate of drug-likeness (QED) is 0.733. The van der Waals surface area contributed by atoms with Gasteiger partial charge in [0.15, 0.2) is 11.6 Å². The Hall–Kier alpha value is -2.13. The summed E-state index contributed by atoms with van der Waals surface area (Å²) < 4.78 is 27.4. The zero-order valence-corrected chi connectivity index (χ0v) is 11.3. The Morgan fingerprint density at radius 2 is 1.81 bits per heavy atom. The number of aliphatic hydroxyl groups excluding tert-OH is 1. The van der Waals surface area contributed by atoms with Crippen LogP contribution in [0.3, 0.4) is 0 Å². The van der Waals surface area contributed by atoms with Gasteiger partial charge in [-0.3, -0.25) is 0 Å². The predicted molar refractivity (Wildman–Crippen MR) is 74.7 cm³/mol. The molecule has 0 aromatic heterocycles. The molecule has 21 heavy (non-hydrogen) atoms. The molecule has 2 amide bonds. The summed E-state index contributed by atoms with van der Waals surface area (Å²) >= 11 is 0. The maximum atomic E-state index is 13.7. The largest absolute Gasteiger partial charge is 0.393 e. The molecule has 4 nitrogen and oxygen atoms in total. The van der Waals surface area contributed by atoms with Gasteiger partial charge in [0, 0.05) is 11.6 Å². The maximum absolute atomic E-state index is 13.7. The van der Waals surface area contributed by atoms with E-state index in [1.807, 2.05) is 0 Å². The fourth-order valence-electron chi connectivity index (χ4n) is 2.33. The van der Waals surface area contributed by atoms with E-state index in [1.54, 1.807) is 0 Å². The van der Waals surface area contributed by atoms with Crippen molar-refractivity contribution < 1.29 is 18.7 Å². The van der Waals surface area contributed by atoms with Gasteiger partial charge in [-0.15, -0.1) is 6.42 Å². The van der Waals surface area contributed by atoms with Crippen molar-refractivity contribution in [3.63, 3.8) is 0 Å². The lowest BCUT2D eigenvalue weighted by molar-refractivity contribution is 0.118. The van der Waals surface area contributed by atoms with Crippen molar-refractivity contribution in [2.75, 3.05) is 5.32 Å². The first-order valence-corrected chi connectivity index (χ1v) is 6.71. The molecule has 0 unspecified atom stereocenters. The van der Waals surface area contributed by atoms with Crippen molar-refractivity contribution in [3.8, 4) is 12.3 Å². The first kappa shape index (κ1) is 15.3. The molecule has 1 aliphatic carbocycles. The second kappa shape index (κ2) is 6.55. The summed E-state index contributed by atoms with van der Waals surface area (Å²) in [5.74, 6) is 0.288. The summed E-state index contributed by atoms with van der Waals surface area (Å²) in [6.07, 6.45) is 7.21. The molecule has 0 bridgehead atoms. The molecule has 0 saturated heterocycles. The third-order valence-electron chi connectivity index (χ3n) is 3.48. The standard InChI is InChI=1S/C15H16F2N2O2/c1-2-9-7-12(16)14(13(17)8-9)19-15(21)18-10-3-5-11(20)6-4-10/h1,7-8,10-11,20H,3-6H2,(H2,18,19,21). The van der Waals surface area contributed by atoms with Gasteiger partial charge in [0.05, 0.1) is 6.10 Å². The zero-order valence-electron chi connectivity index (χ0n) is 11.3. The molecule has 6 heteroatoms. The summed E-state index contributed by atoms with van der Waals surface area (Å²) in [4.78, 5) is 11.8. The SMILES string of the molecule is C#Cc1cc(F)c(NC(=O)NC2CCC(O)CC2)c(F)c1. The maximum Gasteiger partial charge on any atom is 0.319 e. The average molecular weight is 294 g/mol. The van der Waals surface area contributed by atoms with E-state index in [4.69, 9.17) is 6.42 Å². The number of nitrogens with one attached hydrogen (secondary N) is 2. The predicted octanol–water partition coefficient (Wildman–Crippen LogP) is 2.37. The van der Waals surface area contributed by atoms with Crippen LogP contribution in [0.2, 0.25) is 0 Å². The van der Waals surface area contributed by atoms with E-state index >= 15 is 0 Å². The number of benzene rings is 1. The number of urea groups is 1. The van der Waals surface area contributed by atoms with Crippen LogP contribution in [0.1, 0.15) is 31.2 Å². The summed E-state index contributed by atoms with van der Waals surface area (Å²) in [5, 5.41) is 14.2. The number of carbonyl (C=O) groups excluding carboxylic acids is 1. The minimum atomic E-state index is -0.919. The molecule has 1 aromatic rings. The molecule has 112 valence electrons. The van der Waals surface area contributed by atoms with Crippen LogP contribution < -0.4 is 10.6 Å². The van der Waals surface area contributed by atoms with Crippen molar-refractivity contribution in [3.05, 3.63) is 29.3 Å². The first-order chi connectivity index (χ1) is 9.99. The Morgan fingerprint density at radius 1 is 1.24 bits per heavy atom. The van der Waals surface area contributed by atoms with Gasteiger partial charge in [-0.1, -0.05) is 5.92 Å². The van der Waals surface area contributed by atoms with Crippen LogP contribution in [0, 0.1) is 24.0 Å². The van der Waals surface area contributed by atoms with Crippen LogP contribution in [-0.2, 0) is 0 Å². The van der Waals surface area contributed by atoms with Crippen molar-refractivity contribution in [1.29, 1.82) is 0 Å². The molecule has 1 aliphatic rings. The van der Waals surface area contributed by atoms with Crippen molar-refractivity contribution in [2.45, 2.75) is 37.8 Å². The summed E-state index contributed by atoms with van der Waals surface area (Å²) in [7, 11) is 0. The van der Waals surface area contributed by atoms with E-state index in [0.717, 1.165) is 12.1 Å². The minimum Gasteiger partial charge on any atom is -0.393 e. The summed E-state index contributed by atoms with van der Waals surface area (Å²) in [6, 6.07) is 1.18. The van der Waals surface area contributed by atoms with Crippen LogP contribution in [0.4, 0.5) is 19.3 Å². The number of anilines is 1. The van der Waals surface area contributed by atoms with E-state index in [1.165, 1.54) is 0 Å². The molecule has 1 saturated carbocycles. The molecule has 0 radical (unpaired) electrons. The molecular weight excluding hydrogens is 278 g/mol. The number of hydrogen-bond acceptors (Lipinski definition) is 2. The van der Waals surface area contributed by atoms with Gasteiger partial charge in [0.2, 0.25) is 0 Å². The van der Waals surface area contributed by atoms with E-state index in [0.29, 0.717) is 25.7 Å². The van der Waals surface area contributed by atoms with Crippen molar-refractivity contribution in [2.24, 2.45) is 0 Å².